The van der Waals surface area contributed by atoms with Gasteiger partial charge in [-0.25, -0.2) is 0 Å². The highest BCUT2D eigenvalue weighted by Crippen LogP contribution is 2.26. The van der Waals surface area contributed by atoms with E-state index in [1.807, 2.05) is 12.1 Å². The van der Waals surface area contributed by atoms with Gasteiger partial charge in [-0.3, -0.25) is 4.79 Å². The summed E-state index contributed by atoms with van der Waals surface area (Å²) in [6, 6.07) is 7.21. The largest absolute Gasteiger partial charge is 0.538 e. The first-order valence-corrected chi connectivity index (χ1v) is 8.62. The number of aromatic nitrogens is 2. The smallest absolute Gasteiger partial charge is 0.291 e. The number of hydrogen-bond donors (Lipinski definition) is 1. The van der Waals surface area contributed by atoms with Crippen LogP contribution in [0.5, 0.6) is 11.7 Å². The van der Waals surface area contributed by atoms with Crippen LogP contribution in [0.3, 0.4) is 0 Å². The second-order valence-electron chi connectivity index (χ2n) is 5.26. The molecule has 0 radical (unpaired) electrons. The molecule has 0 bridgehead atoms. The van der Waals surface area contributed by atoms with Crippen LogP contribution in [0, 0.1) is 0 Å². The lowest BCUT2D eigenvalue weighted by molar-refractivity contribution is -0.772. The van der Waals surface area contributed by atoms with Gasteiger partial charge in [0.05, 0.1) is 17.1 Å². The number of nitrogens with one attached hydrogen (secondary N) is 1. The molecule has 24 heavy (non-hydrogen) atoms. The number of rotatable bonds is 8. The number of amides is 1. The Morgan fingerprint density at radius 3 is 2.75 bits per heavy atom. The number of nitrogens with zero attached hydrogens (tertiary/aromatic N) is 2. The Hall–Kier alpha value is -2.22. The van der Waals surface area contributed by atoms with Crippen molar-refractivity contribution < 1.29 is 23.8 Å². The van der Waals surface area contributed by atoms with Gasteiger partial charge in [0.1, 0.15) is 5.75 Å². The third kappa shape index (κ3) is 4.89. The molecule has 1 amide bonds. The number of benzene rings is 1. The SMILES string of the molecule is CCCCOc1ccc(NC(=O)C(C)Sc2c([O-])on[n+]2C)cc1. The maximum Gasteiger partial charge on any atom is 0.291 e. The third-order valence-electron chi connectivity index (χ3n) is 3.26. The first-order chi connectivity index (χ1) is 11.5. The van der Waals surface area contributed by atoms with Gasteiger partial charge in [-0.1, -0.05) is 18.0 Å². The lowest BCUT2D eigenvalue weighted by atomic mass is 10.3. The molecule has 0 saturated heterocycles. The summed E-state index contributed by atoms with van der Waals surface area (Å²) in [6.07, 6.45) is 2.09. The molecule has 0 saturated carbocycles. The summed E-state index contributed by atoms with van der Waals surface area (Å²) >= 11 is 1.11. The van der Waals surface area contributed by atoms with Crippen LogP contribution >= 0.6 is 11.8 Å². The van der Waals surface area contributed by atoms with Crippen LogP contribution in [-0.4, -0.2) is 23.0 Å². The van der Waals surface area contributed by atoms with Gasteiger partial charge in [0, 0.05) is 5.69 Å². The molecular formula is C16H21N3O4S. The fraction of sp³-hybridized carbons (Fsp3) is 0.438. The van der Waals surface area contributed by atoms with Crippen molar-refractivity contribution in [2.75, 3.05) is 11.9 Å². The molecule has 0 aliphatic heterocycles. The molecule has 0 spiro atoms. The zero-order valence-corrected chi connectivity index (χ0v) is 14.8. The second-order valence-corrected chi connectivity index (χ2v) is 6.59. The Morgan fingerprint density at radius 2 is 2.17 bits per heavy atom. The Labute approximate surface area is 145 Å². The van der Waals surface area contributed by atoms with E-state index in [0.717, 1.165) is 30.4 Å². The molecule has 0 fully saturated rings. The van der Waals surface area contributed by atoms with E-state index in [9.17, 15) is 9.90 Å². The molecule has 1 N–H and O–H groups in total. The molecule has 130 valence electrons. The lowest BCUT2D eigenvalue weighted by Crippen LogP contribution is -2.33. The number of hydrogen-bond acceptors (Lipinski definition) is 6. The van der Waals surface area contributed by atoms with Gasteiger partial charge in [0.15, 0.2) is 13.0 Å². The van der Waals surface area contributed by atoms with Crippen molar-refractivity contribution in [2.45, 2.75) is 37.0 Å². The number of thioether (sulfide) groups is 1. The topological polar surface area (TPSA) is 91.3 Å². The van der Waals surface area contributed by atoms with Crippen molar-refractivity contribution in [3.63, 3.8) is 0 Å². The summed E-state index contributed by atoms with van der Waals surface area (Å²) in [4.78, 5) is 12.2. The maximum absolute atomic E-state index is 12.2. The summed E-state index contributed by atoms with van der Waals surface area (Å²) < 4.78 is 11.4. The predicted molar refractivity (Wildman–Crippen MR) is 87.9 cm³/mol. The van der Waals surface area contributed by atoms with E-state index in [1.54, 1.807) is 26.1 Å². The number of carbonyl (C=O) groups excluding carboxylic acids is 1. The Bertz CT molecular complexity index is 653. The molecule has 1 aromatic heterocycles. The summed E-state index contributed by atoms with van der Waals surface area (Å²) in [6.45, 7) is 4.51. The highest BCUT2D eigenvalue weighted by Gasteiger charge is 2.22. The van der Waals surface area contributed by atoms with Crippen LogP contribution in [-0.2, 0) is 11.8 Å². The number of ether oxygens (including phenoxy) is 1. The molecule has 7 nitrogen and oxygen atoms in total. The van der Waals surface area contributed by atoms with Crippen LogP contribution in [0.1, 0.15) is 26.7 Å². The zero-order chi connectivity index (χ0) is 17.5. The molecule has 0 aliphatic rings. The van der Waals surface area contributed by atoms with E-state index >= 15 is 0 Å². The molecule has 2 rings (SSSR count). The van der Waals surface area contributed by atoms with Gasteiger partial charge >= 0.3 is 0 Å². The van der Waals surface area contributed by atoms with Gasteiger partial charge < -0.3 is 19.7 Å². The minimum absolute atomic E-state index is 0.208. The first-order valence-electron chi connectivity index (χ1n) is 7.74. The molecule has 1 aromatic carbocycles. The highest BCUT2D eigenvalue weighted by atomic mass is 32.2. The van der Waals surface area contributed by atoms with Gasteiger partial charge in [-0.2, -0.15) is 0 Å². The van der Waals surface area contributed by atoms with E-state index in [1.165, 1.54) is 4.68 Å². The van der Waals surface area contributed by atoms with Crippen molar-refractivity contribution >= 4 is 23.4 Å². The molecule has 1 heterocycles. The van der Waals surface area contributed by atoms with Gasteiger partial charge in [0.2, 0.25) is 5.91 Å². The quantitative estimate of drug-likeness (QED) is 0.443. The minimum atomic E-state index is -0.546. The summed E-state index contributed by atoms with van der Waals surface area (Å²) in [7, 11) is 1.59. The van der Waals surface area contributed by atoms with Gasteiger partial charge in [-0.15, -0.1) is 0 Å². The van der Waals surface area contributed by atoms with E-state index in [4.69, 9.17) is 4.74 Å². The molecule has 8 heteroatoms. The average Bonchev–Trinajstić information content (AvgIpc) is 2.88. The Kier molecular flexibility index (Phi) is 6.48. The van der Waals surface area contributed by atoms with Crippen LogP contribution in [0.2, 0.25) is 0 Å². The zero-order valence-electron chi connectivity index (χ0n) is 13.9. The van der Waals surface area contributed by atoms with Crippen molar-refractivity contribution in [3.8, 4) is 11.7 Å². The van der Waals surface area contributed by atoms with Crippen molar-refractivity contribution in [3.05, 3.63) is 24.3 Å². The Morgan fingerprint density at radius 1 is 1.46 bits per heavy atom. The van der Waals surface area contributed by atoms with Crippen LogP contribution in [0.25, 0.3) is 0 Å². The fourth-order valence-electron chi connectivity index (χ4n) is 1.86. The van der Waals surface area contributed by atoms with Crippen molar-refractivity contribution in [2.24, 2.45) is 7.05 Å². The maximum atomic E-state index is 12.2. The summed E-state index contributed by atoms with van der Waals surface area (Å²) in [5.41, 5.74) is 0.673. The second kappa shape index (κ2) is 8.58. The number of aryl methyl sites for hydroxylation is 1. The van der Waals surface area contributed by atoms with Crippen molar-refractivity contribution in [1.29, 1.82) is 0 Å². The molecular weight excluding hydrogens is 330 g/mol. The molecule has 0 aliphatic carbocycles. The fourth-order valence-corrected chi connectivity index (χ4v) is 2.68. The average molecular weight is 351 g/mol. The van der Waals surface area contributed by atoms with Crippen molar-refractivity contribution in [1.82, 2.24) is 5.27 Å². The van der Waals surface area contributed by atoms with Crippen LogP contribution in [0.15, 0.2) is 33.8 Å². The number of carbonyl (C=O) groups is 1. The van der Waals surface area contributed by atoms with E-state index in [2.05, 4.69) is 22.0 Å². The highest BCUT2D eigenvalue weighted by molar-refractivity contribution is 8.00. The lowest BCUT2D eigenvalue weighted by Gasteiger charge is -2.11. The van der Waals surface area contributed by atoms with Crippen LogP contribution < -0.4 is 19.8 Å². The summed E-state index contributed by atoms with van der Waals surface area (Å²) in [5, 5.41) is 17.6. The van der Waals surface area contributed by atoms with E-state index < -0.39 is 11.2 Å². The van der Waals surface area contributed by atoms with Crippen LogP contribution in [0.4, 0.5) is 5.69 Å². The molecule has 1 atom stereocenters. The Balaban J connectivity index is 1.89. The van der Waals surface area contributed by atoms with E-state index in [0.29, 0.717) is 12.3 Å². The summed E-state index contributed by atoms with van der Waals surface area (Å²) in [5.74, 6) is 0.0207. The molecule has 1 unspecified atom stereocenters. The number of unbranched alkanes of at least 4 members (excludes halogenated alkanes) is 1. The predicted octanol–water partition coefficient (Wildman–Crippen LogP) is 1.87. The molecule has 2 aromatic rings. The third-order valence-corrected chi connectivity index (χ3v) is 4.48. The van der Waals surface area contributed by atoms with E-state index in [-0.39, 0.29) is 10.9 Å². The van der Waals surface area contributed by atoms with Gasteiger partial charge in [-0.05, 0) is 49.4 Å². The minimum Gasteiger partial charge on any atom is -0.538 e. The monoisotopic (exact) mass is 351 g/mol. The first kappa shape index (κ1) is 18.1. The standard InChI is InChI=1S/C16H21N3O4S/c1-4-5-10-22-13-8-6-12(7-9-13)17-14(20)11(2)24-15-16(21)23-18-19(15)3/h6-9,11H,4-5,10H2,1-3H3,(H-,17,18,20,21). The van der Waals surface area contributed by atoms with Gasteiger partial charge in [0.25, 0.3) is 5.03 Å². The number of anilines is 1. The normalized spacial score (nSPS) is 12.0.